The molecule has 1 heterocycles. The summed E-state index contributed by atoms with van der Waals surface area (Å²) in [4.78, 5) is 28.1. The maximum Gasteiger partial charge on any atom is 0.244 e. The Kier molecular flexibility index (Phi) is 9.03. The second-order valence-corrected chi connectivity index (χ2v) is 10.3. The molecular formula is C25H33N3O7S. The Labute approximate surface area is 212 Å². The monoisotopic (exact) mass is 519 g/mol. The fourth-order valence-electron chi connectivity index (χ4n) is 3.91. The summed E-state index contributed by atoms with van der Waals surface area (Å²) in [6.45, 7) is 3.88. The number of hydrogen-bond acceptors (Lipinski definition) is 7. The van der Waals surface area contributed by atoms with Gasteiger partial charge in [-0.25, -0.2) is 8.42 Å². The van der Waals surface area contributed by atoms with Crippen LogP contribution in [0.3, 0.4) is 0 Å². The second kappa shape index (κ2) is 12.0. The molecule has 3 rings (SSSR count). The molecule has 196 valence electrons. The van der Waals surface area contributed by atoms with Gasteiger partial charge >= 0.3 is 0 Å². The van der Waals surface area contributed by atoms with Gasteiger partial charge in [0.25, 0.3) is 0 Å². The zero-order valence-electron chi connectivity index (χ0n) is 21.0. The molecule has 0 unspecified atom stereocenters. The van der Waals surface area contributed by atoms with Gasteiger partial charge in [0.1, 0.15) is 18.3 Å². The molecule has 36 heavy (non-hydrogen) atoms. The highest BCUT2D eigenvalue weighted by molar-refractivity contribution is 7.92. The van der Waals surface area contributed by atoms with Crippen molar-refractivity contribution in [2.24, 2.45) is 0 Å². The zero-order chi connectivity index (χ0) is 26.3. The lowest BCUT2D eigenvalue weighted by molar-refractivity contribution is -0.140. The van der Waals surface area contributed by atoms with Crippen molar-refractivity contribution in [3.8, 4) is 17.2 Å². The van der Waals surface area contributed by atoms with E-state index in [1.165, 1.54) is 11.0 Å². The predicted octanol–water partition coefficient (Wildman–Crippen LogP) is 2.52. The number of benzene rings is 2. The Morgan fingerprint density at radius 1 is 1.11 bits per heavy atom. The number of ether oxygens (including phenoxy) is 3. The van der Waals surface area contributed by atoms with Crippen molar-refractivity contribution in [3.63, 3.8) is 0 Å². The van der Waals surface area contributed by atoms with Crippen LogP contribution in [-0.2, 0) is 26.2 Å². The minimum absolute atomic E-state index is 0.0377. The molecule has 1 aliphatic rings. The van der Waals surface area contributed by atoms with Crippen molar-refractivity contribution >= 4 is 27.5 Å². The number of anilines is 1. The van der Waals surface area contributed by atoms with Crippen molar-refractivity contribution in [1.82, 2.24) is 10.2 Å². The van der Waals surface area contributed by atoms with Crippen molar-refractivity contribution in [2.75, 3.05) is 37.6 Å². The first kappa shape index (κ1) is 27.1. The van der Waals surface area contributed by atoms with Gasteiger partial charge in [-0.3, -0.25) is 13.9 Å². The van der Waals surface area contributed by atoms with E-state index in [9.17, 15) is 18.0 Å². The van der Waals surface area contributed by atoms with Crippen LogP contribution in [0.25, 0.3) is 0 Å². The summed E-state index contributed by atoms with van der Waals surface area (Å²) in [6.07, 6.45) is 2.13. The SMILES string of the molecule is CCCNC(=O)[C@H](CC)N(Cc1cccc(OC)c1)C(=O)CN(c1ccc2c(c1)OCO2)S(C)(=O)=O. The molecule has 2 aromatic carbocycles. The molecule has 10 nitrogen and oxygen atoms in total. The van der Waals surface area contributed by atoms with Crippen molar-refractivity contribution < 1.29 is 32.2 Å². The van der Waals surface area contributed by atoms with Gasteiger partial charge < -0.3 is 24.4 Å². The quantitative estimate of drug-likeness (QED) is 0.458. The van der Waals surface area contributed by atoms with E-state index in [-0.39, 0.29) is 24.9 Å². The van der Waals surface area contributed by atoms with Gasteiger partial charge in [-0.2, -0.15) is 0 Å². The molecule has 11 heteroatoms. The summed E-state index contributed by atoms with van der Waals surface area (Å²) in [6, 6.07) is 11.1. The van der Waals surface area contributed by atoms with E-state index in [4.69, 9.17) is 14.2 Å². The summed E-state index contributed by atoms with van der Waals surface area (Å²) in [7, 11) is -2.30. The van der Waals surface area contributed by atoms with Crippen LogP contribution in [0.2, 0.25) is 0 Å². The molecule has 0 bridgehead atoms. The number of nitrogens with zero attached hydrogens (tertiary/aromatic N) is 2. The fraction of sp³-hybridized carbons (Fsp3) is 0.440. The van der Waals surface area contributed by atoms with Crippen LogP contribution >= 0.6 is 0 Å². The number of methoxy groups -OCH3 is 1. The number of nitrogens with one attached hydrogen (secondary N) is 1. The minimum atomic E-state index is -3.85. The van der Waals surface area contributed by atoms with Crippen LogP contribution in [0.15, 0.2) is 42.5 Å². The maximum atomic E-state index is 13.7. The molecular weight excluding hydrogens is 486 g/mol. The molecule has 0 saturated carbocycles. The smallest absolute Gasteiger partial charge is 0.244 e. The van der Waals surface area contributed by atoms with Crippen LogP contribution in [0, 0.1) is 0 Å². The predicted molar refractivity (Wildman–Crippen MR) is 136 cm³/mol. The first-order valence-electron chi connectivity index (χ1n) is 11.7. The van der Waals surface area contributed by atoms with Gasteiger partial charge in [0.15, 0.2) is 11.5 Å². The van der Waals surface area contributed by atoms with Crippen LogP contribution in [0.5, 0.6) is 17.2 Å². The molecule has 1 atom stereocenters. The molecule has 1 N–H and O–H groups in total. The second-order valence-electron chi connectivity index (χ2n) is 8.40. The Hall–Kier alpha value is -3.47. The lowest BCUT2D eigenvalue weighted by atomic mass is 10.1. The zero-order valence-corrected chi connectivity index (χ0v) is 21.8. The van der Waals surface area contributed by atoms with Crippen LogP contribution in [0.1, 0.15) is 32.3 Å². The van der Waals surface area contributed by atoms with Crippen LogP contribution in [-0.4, -0.2) is 64.4 Å². The van der Waals surface area contributed by atoms with E-state index in [2.05, 4.69) is 5.32 Å². The van der Waals surface area contributed by atoms with Gasteiger partial charge in [0.05, 0.1) is 19.1 Å². The Morgan fingerprint density at radius 2 is 1.86 bits per heavy atom. The highest BCUT2D eigenvalue weighted by Gasteiger charge is 2.32. The molecule has 0 saturated heterocycles. The molecule has 1 aliphatic heterocycles. The van der Waals surface area contributed by atoms with E-state index in [1.807, 2.05) is 19.9 Å². The summed E-state index contributed by atoms with van der Waals surface area (Å²) in [5.41, 5.74) is 1.01. The first-order chi connectivity index (χ1) is 17.2. The molecule has 0 spiro atoms. The molecule has 2 aromatic rings. The van der Waals surface area contributed by atoms with Gasteiger partial charge in [-0.15, -0.1) is 0 Å². The standard InChI is InChI=1S/C25H33N3O7S/c1-5-12-26-25(30)21(6-2)27(15-18-8-7-9-20(13-18)33-3)24(29)16-28(36(4,31)32)19-10-11-22-23(14-19)35-17-34-22/h7-11,13-14,21H,5-6,12,15-17H2,1-4H3,(H,26,30)/t21-/m0/s1. The number of carbonyl (C=O) groups excluding carboxylic acids is 2. The topological polar surface area (TPSA) is 114 Å². The van der Waals surface area contributed by atoms with Gasteiger partial charge in [0.2, 0.25) is 28.6 Å². The number of rotatable bonds is 12. The third kappa shape index (κ3) is 6.60. The average Bonchev–Trinajstić information content (AvgIpc) is 3.33. The van der Waals surface area contributed by atoms with E-state index in [0.717, 1.165) is 22.5 Å². The average molecular weight is 520 g/mol. The van der Waals surface area contributed by atoms with Gasteiger partial charge in [-0.1, -0.05) is 26.0 Å². The first-order valence-corrected chi connectivity index (χ1v) is 13.6. The summed E-state index contributed by atoms with van der Waals surface area (Å²) < 4.78 is 42.5. The van der Waals surface area contributed by atoms with Crippen LogP contribution < -0.4 is 23.8 Å². The van der Waals surface area contributed by atoms with Crippen molar-refractivity contribution in [1.29, 1.82) is 0 Å². The van der Waals surface area contributed by atoms with Gasteiger partial charge in [-0.05, 0) is 42.7 Å². The number of sulfonamides is 1. The molecule has 2 amide bonds. The van der Waals surface area contributed by atoms with Gasteiger partial charge in [0, 0.05) is 19.2 Å². The third-order valence-corrected chi connectivity index (χ3v) is 6.89. The Bertz CT molecular complexity index is 1190. The normalized spacial score (nSPS) is 13.1. The van der Waals surface area contributed by atoms with E-state index < -0.39 is 28.5 Å². The number of amides is 2. The number of hydrogen-bond donors (Lipinski definition) is 1. The van der Waals surface area contributed by atoms with E-state index in [1.54, 1.807) is 37.4 Å². The molecule has 0 radical (unpaired) electrons. The van der Waals surface area contributed by atoms with Crippen molar-refractivity contribution in [2.45, 2.75) is 39.3 Å². The third-order valence-electron chi connectivity index (χ3n) is 5.75. The Morgan fingerprint density at radius 3 is 2.53 bits per heavy atom. The maximum absolute atomic E-state index is 13.7. The highest BCUT2D eigenvalue weighted by Crippen LogP contribution is 2.36. The fourth-order valence-corrected chi connectivity index (χ4v) is 4.75. The number of carbonyl (C=O) groups is 2. The minimum Gasteiger partial charge on any atom is -0.497 e. The molecule has 0 fully saturated rings. The lowest BCUT2D eigenvalue weighted by Crippen LogP contribution is -2.52. The summed E-state index contributed by atoms with van der Waals surface area (Å²) >= 11 is 0. The highest BCUT2D eigenvalue weighted by atomic mass is 32.2. The van der Waals surface area contributed by atoms with Crippen LogP contribution in [0.4, 0.5) is 5.69 Å². The summed E-state index contributed by atoms with van der Waals surface area (Å²) in [5, 5.41) is 2.85. The molecule has 0 aliphatic carbocycles. The lowest BCUT2D eigenvalue weighted by Gasteiger charge is -2.33. The number of fused-ring (bicyclic) bond motifs is 1. The largest absolute Gasteiger partial charge is 0.497 e. The Balaban J connectivity index is 1.94. The van der Waals surface area contributed by atoms with E-state index >= 15 is 0 Å². The summed E-state index contributed by atoms with van der Waals surface area (Å²) in [5.74, 6) is 0.703. The molecule has 0 aromatic heterocycles. The van der Waals surface area contributed by atoms with E-state index in [0.29, 0.717) is 30.2 Å². The van der Waals surface area contributed by atoms with Crippen molar-refractivity contribution in [3.05, 3.63) is 48.0 Å².